The first kappa shape index (κ1) is 18.4. The van der Waals surface area contributed by atoms with E-state index in [1.165, 1.54) is 5.56 Å². The third-order valence-corrected chi connectivity index (χ3v) is 5.51. The molecule has 4 rings (SSSR count). The Labute approximate surface area is 168 Å². The van der Waals surface area contributed by atoms with Gasteiger partial charge in [-0.15, -0.1) is 0 Å². The molecule has 1 N–H and O–H groups in total. The van der Waals surface area contributed by atoms with E-state index in [1.807, 2.05) is 57.3 Å². The Hall–Kier alpha value is -2.99. The lowest BCUT2D eigenvalue weighted by atomic mass is 10.0. The lowest BCUT2D eigenvalue weighted by Crippen LogP contribution is -2.34. The molecule has 142 valence electrons. The molecule has 0 saturated carbocycles. The summed E-state index contributed by atoms with van der Waals surface area (Å²) < 4.78 is 1.74. The maximum atomic E-state index is 13.2. The molecule has 0 radical (unpaired) electrons. The number of aromatic nitrogens is 3. The number of carbonyl (C=O) groups excluding carboxylic acids is 1. The monoisotopic (exact) mass is 390 g/mol. The van der Waals surface area contributed by atoms with Crippen molar-refractivity contribution in [1.82, 2.24) is 20.1 Å². The molecule has 1 unspecified atom stereocenters. The molecule has 0 saturated heterocycles. The first-order valence-electron chi connectivity index (χ1n) is 9.24. The highest BCUT2D eigenvalue weighted by atomic mass is 32.1. The van der Waals surface area contributed by atoms with Crippen LogP contribution in [0.4, 0.5) is 0 Å². The summed E-state index contributed by atoms with van der Waals surface area (Å²) >= 11 is 1.67. The summed E-state index contributed by atoms with van der Waals surface area (Å²) in [7, 11) is 1.86. The SMILES string of the molecule is Cc1nn(C)c2nc(-c3ccccc3)cc(C(=O)NC(C)Cc3ccsc3)c12. The number of nitrogens with one attached hydrogen (secondary N) is 1. The van der Waals surface area contributed by atoms with E-state index >= 15 is 0 Å². The summed E-state index contributed by atoms with van der Waals surface area (Å²) in [5.74, 6) is -0.0941. The van der Waals surface area contributed by atoms with E-state index in [4.69, 9.17) is 4.98 Å². The van der Waals surface area contributed by atoms with E-state index < -0.39 is 0 Å². The standard InChI is InChI=1S/C22H22N4OS/c1-14(11-16-9-10-28-13-16)23-22(27)18-12-19(17-7-5-4-6-8-17)24-21-20(18)15(2)25-26(21)3/h4-10,12-14H,11H2,1-3H3,(H,23,27). The van der Waals surface area contributed by atoms with Gasteiger partial charge in [-0.2, -0.15) is 16.4 Å². The summed E-state index contributed by atoms with van der Waals surface area (Å²) in [6, 6.07) is 13.9. The maximum absolute atomic E-state index is 13.2. The Morgan fingerprint density at radius 1 is 1.25 bits per heavy atom. The van der Waals surface area contributed by atoms with E-state index in [0.717, 1.165) is 34.4 Å². The predicted molar refractivity (Wildman–Crippen MR) is 114 cm³/mol. The molecule has 1 atom stereocenters. The fourth-order valence-electron chi connectivity index (χ4n) is 3.50. The van der Waals surface area contributed by atoms with Gasteiger partial charge in [0.25, 0.3) is 5.91 Å². The van der Waals surface area contributed by atoms with E-state index in [0.29, 0.717) is 5.56 Å². The van der Waals surface area contributed by atoms with Crippen molar-refractivity contribution in [3.8, 4) is 11.3 Å². The average molecular weight is 391 g/mol. The predicted octanol–water partition coefficient (Wildman–Crippen LogP) is 4.37. The normalized spacial score (nSPS) is 12.2. The fourth-order valence-corrected chi connectivity index (χ4v) is 4.18. The Bertz CT molecular complexity index is 1120. The summed E-state index contributed by atoms with van der Waals surface area (Å²) in [4.78, 5) is 17.9. The number of amides is 1. The lowest BCUT2D eigenvalue weighted by molar-refractivity contribution is 0.0941. The van der Waals surface area contributed by atoms with Gasteiger partial charge in [0, 0.05) is 18.7 Å². The van der Waals surface area contributed by atoms with Crippen molar-refractivity contribution >= 4 is 28.3 Å². The van der Waals surface area contributed by atoms with Gasteiger partial charge in [-0.3, -0.25) is 9.48 Å². The van der Waals surface area contributed by atoms with E-state index in [-0.39, 0.29) is 11.9 Å². The molecule has 0 fully saturated rings. The highest BCUT2D eigenvalue weighted by Crippen LogP contribution is 2.27. The number of fused-ring (bicyclic) bond motifs is 1. The highest BCUT2D eigenvalue weighted by Gasteiger charge is 2.20. The number of carbonyl (C=O) groups is 1. The molecule has 1 aromatic carbocycles. The van der Waals surface area contributed by atoms with Crippen LogP contribution >= 0.6 is 11.3 Å². The number of benzene rings is 1. The number of thiophene rings is 1. The number of nitrogens with zero attached hydrogens (tertiary/aromatic N) is 3. The van der Waals surface area contributed by atoms with Gasteiger partial charge in [-0.1, -0.05) is 30.3 Å². The zero-order valence-electron chi connectivity index (χ0n) is 16.1. The van der Waals surface area contributed by atoms with Crippen LogP contribution in [0.5, 0.6) is 0 Å². The lowest BCUT2D eigenvalue weighted by Gasteiger charge is -2.14. The third-order valence-electron chi connectivity index (χ3n) is 4.78. The highest BCUT2D eigenvalue weighted by molar-refractivity contribution is 7.07. The molecular formula is C22H22N4OS. The van der Waals surface area contributed by atoms with Crippen LogP contribution in [0, 0.1) is 6.92 Å². The van der Waals surface area contributed by atoms with Crippen LogP contribution < -0.4 is 5.32 Å². The van der Waals surface area contributed by atoms with E-state index in [9.17, 15) is 4.79 Å². The van der Waals surface area contributed by atoms with Crippen LogP contribution in [0.15, 0.2) is 53.2 Å². The largest absolute Gasteiger partial charge is 0.349 e. The number of pyridine rings is 1. The van der Waals surface area contributed by atoms with Crippen molar-refractivity contribution in [2.75, 3.05) is 0 Å². The van der Waals surface area contributed by atoms with Gasteiger partial charge in [0.2, 0.25) is 0 Å². The maximum Gasteiger partial charge on any atom is 0.252 e. The number of rotatable bonds is 5. The Kier molecular flexibility index (Phi) is 4.96. The van der Waals surface area contributed by atoms with Crippen molar-refractivity contribution in [1.29, 1.82) is 0 Å². The minimum atomic E-state index is -0.0941. The Balaban J connectivity index is 1.73. The number of hydrogen-bond donors (Lipinski definition) is 1. The van der Waals surface area contributed by atoms with Gasteiger partial charge in [-0.25, -0.2) is 4.98 Å². The Morgan fingerprint density at radius 3 is 2.75 bits per heavy atom. The molecule has 0 spiro atoms. The van der Waals surface area contributed by atoms with Crippen LogP contribution in [0.1, 0.15) is 28.5 Å². The van der Waals surface area contributed by atoms with Crippen molar-refractivity contribution in [3.05, 3.63) is 70.0 Å². The van der Waals surface area contributed by atoms with Crippen LogP contribution in [0.2, 0.25) is 0 Å². The van der Waals surface area contributed by atoms with Crippen molar-refractivity contribution in [2.24, 2.45) is 7.05 Å². The first-order chi connectivity index (χ1) is 13.5. The zero-order chi connectivity index (χ0) is 19.7. The molecule has 0 aliphatic heterocycles. The second-order valence-corrected chi connectivity index (χ2v) is 7.82. The molecule has 3 heterocycles. The topological polar surface area (TPSA) is 59.8 Å². The first-order valence-corrected chi connectivity index (χ1v) is 10.2. The Morgan fingerprint density at radius 2 is 2.04 bits per heavy atom. The smallest absolute Gasteiger partial charge is 0.252 e. The molecule has 4 aromatic rings. The quantitative estimate of drug-likeness (QED) is 0.551. The molecule has 6 heteroatoms. The molecular weight excluding hydrogens is 368 g/mol. The van der Waals surface area contributed by atoms with Gasteiger partial charge in [0.05, 0.1) is 22.3 Å². The van der Waals surface area contributed by atoms with Crippen molar-refractivity contribution in [2.45, 2.75) is 26.3 Å². The molecule has 0 bridgehead atoms. The van der Waals surface area contributed by atoms with Gasteiger partial charge in [-0.05, 0) is 48.7 Å². The molecule has 0 aliphatic carbocycles. The summed E-state index contributed by atoms with van der Waals surface area (Å²) in [6.45, 7) is 3.94. The third kappa shape index (κ3) is 3.55. The molecule has 0 aliphatic rings. The second kappa shape index (κ2) is 7.56. The van der Waals surface area contributed by atoms with E-state index in [2.05, 4.69) is 27.2 Å². The van der Waals surface area contributed by atoms with Crippen LogP contribution in [-0.2, 0) is 13.5 Å². The van der Waals surface area contributed by atoms with Crippen molar-refractivity contribution < 1.29 is 4.79 Å². The van der Waals surface area contributed by atoms with Gasteiger partial charge >= 0.3 is 0 Å². The average Bonchev–Trinajstić information content (AvgIpc) is 3.29. The van der Waals surface area contributed by atoms with Crippen LogP contribution in [0.3, 0.4) is 0 Å². The molecule has 3 aromatic heterocycles. The molecule has 5 nitrogen and oxygen atoms in total. The minimum absolute atomic E-state index is 0.0301. The zero-order valence-corrected chi connectivity index (χ0v) is 17.0. The molecule has 28 heavy (non-hydrogen) atoms. The fraction of sp³-hybridized carbons (Fsp3) is 0.227. The van der Waals surface area contributed by atoms with Crippen LogP contribution in [-0.4, -0.2) is 26.7 Å². The minimum Gasteiger partial charge on any atom is -0.349 e. The van der Waals surface area contributed by atoms with Crippen LogP contribution in [0.25, 0.3) is 22.3 Å². The van der Waals surface area contributed by atoms with Gasteiger partial charge < -0.3 is 5.32 Å². The summed E-state index contributed by atoms with van der Waals surface area (Å²) in [5.41, 5.74) is 5.12. The number of aryl methyl sites for hydroxylation is 2. The summed E-state index contributed by atoms with van der Waals surface area (Å²) in [6.07, 6.45) is 0.807. The van der Waals surface area contributed by atoms with Gasteiger partial charge in [0.1, 0.15) is 0 Å². The summed E-state index contributed by atoms with van der Waals surface area (Å²) in [5, 5.41) is 12.6. The second-order valence-electron chi connectivity index (χ2n) is 7.04. The number of hydrogen-bond acceptors (Lipinski definition) is 4. The van der Waals surface area contributed by atoms with Gasteiger partial charge in [0.15, 0.2) is 5.65 Å². The van der Waals surface area contributed by atoms with E-state index in [1.54, 1.807) is 16.0 Å². The molecule has 1 amide bonds. The van der Waals surface area contributed by atoms with Crippen molar-refractivity contribution in [3.63, 3.8) is 0 Å².